The van der Waals surface area contributed by atoms with Gasteiger partial charge in [-0.25, -0.2) is 9.36 Å². The number of aryl methyl sites for hydroxylation is 1. The van der Waals surface area contributed by atoms with Crippen LogP contribution in [0.2, 0.25) is 0 Å². The van der Waals surface area contributed by atoms with Crippen LogP contribution in [0.4, 0.5) is 0 Å². The molecule has 1 aliphatic rings. The number of aromatic nitrogens is 2. The molecule has 8 nitrogen and oxygen atoms in total. The third-order valence-electron chi connectivity index (χ3n) is 4.51. The number of nitrogens with zero attached hydrogens (tertiary/aromatic N) is 4. The first-order valence-electron chi connectivity index (χ1n) is 8.51. The van der Waals surface area contributed by atoms with Crippen LogP contribution in [-0.4, -0.2) is 63.5 Å². The van der Waals surface area contributed by atoms with Gasteiger partial charge in [0, 0.05) is 26.2 Å². The Bertz CT molecular complexity index is 935. The lowest BCUT2D eigenvalue weighted by molar-refractivity contribution is 0.159. The Hall–Kier alpha value is -2.87. The Morgan fingerprint density at radius 2 is 1.73 bits per heavy atom. The molecule has 0 unspecified atom stereocenters. The van der Waals surface area contributed by atoms with Crippen molar-refractivity contribution < 1.29 is 5.11 Å². The van der Waals surface area contributed by atoms with Gasteiger partial charge in [-0.15, -0.1) is 0 Å². The molecular formula is C18H23N5O3. The molecule has 0 spiro atoms. The predicted molar refractivity (Wildman–Crippen MR) is 100 cm³/mol. The monoisotopic (exact) mass is 357 g/mol. The van der Waals surface area contributed by atoms with Crippen molar-refractivity contribution in [2.24, 2.45) is 5.10 Å². The molecule has 2 heterocycles. The van der Waals surface area contributed by atoms with E-state index < -0.39 is 17.1 Å². The number of likely N-dealkylation sites (N-methyl/N-ethyl adjacent to an activating group) is 1. The summed E-state index contributed by atoms with van der Waals surface area (Å²) in [6, 6.07) is 7.09. The van der Waals surface area contributed by atoms with Crippen LogP contribution >= 0.6 is 0 Å². The molecule has 0 bridgehead atoms. The van der Waals surface area contributed by atoms with E-state index in [2.05, 4.69) is 15.0 Å². The lowest BCUT2D eigenvalue weighted by Gasteiger charge is -2.30. The molecule has 8 heteroatoms. The molecule has 1 fully saturated rings. The molecule has 1 aromatic carbocycles. The summed E-state index contributed by atoms with van der Waals surface area (Å²) in [7, 11) is 2.04. The van der Waals surface area contributed by atoms with Crippen molar-refractivity contribution in [3.8, 4) is 11.6 Å². The number of hydrogen-bond acceptors (Lipinski definition) is 6. The number of benzene rings is 1. The summed E-state index contributed by atoms with van der Waals surface area (Å²) >= 11 is 0. The third kappa shape index (κ3) is 3.55. The second-order valence-electron chi connectivity index (χ2n) is 6.57. The largest absolute Gasteiger partial charge is 0.493 e. The van der Waals surface area contributed by atoms with Gasteiger partial charge in [0.15, 0.2) is 0 Å². The zero-order valence-electron chi connectivity index (χ0n) is 15.2. The van der Waals surface area contributed by atoms with Crippen LogP contribution in [0.1, 0.15) is 18.1 Å². The SMILES string of the molecule is C/C(=N\N1CCN(C)CC1)c1c(O)n(-c2ccc(C)cc2)c(=O)[nH]c1=O. The molecule has 1 saturated heterocycles. The van der Waals surface area contributed by atoms with Crippen LogP contribution < -0.4 is 11.2 Å². The fraction of sp³-hybridized carbons (Fsp3) is 0.389. The molecule has 0 amide bonds. The average Bonchev–Trinajstić information content (AvgIpc) is 2.58. The van der Waals surface area contributed by atoms with Gasteiger partial charge < -0.3 is 10.0 Å². The normalized spacial score (nSPS) is 16.1. The van der Waals surface area contributed by atoms with Gasteiger partial charge in [-0.2, -0.15) is 5.10 Å². The molecule has 26 heavy (non-hydrogen) atoms. The Morgan fingerprint density at radius 1 is 1.12 bits per heavy atom. The van der Waals surface area contributed by atoms with Crippen LogP contribution in [0.5, 0.6) is 5.88 Å². The Balaban J connectivity index is 2.05. The van der Waals surface area contributed by atoms with Crippen LogP contribution in [0.25, 0.3) is 5.69 Å². The number of rotatable bonds is 3. The van der Waals surface area contributed by atoms with Gasteiger partial charge in [-0.3, -0.25) is 14.8 Å². The molecular weight excluding hydrogens is 334 g/mol. The molecule has 0 atom stereocenters. The number of aromatic hydroxyl groups is 1. The Kier molecular flexibility index (Phi) is 4.94. The summed E-state index contributed by atoms with van der Waals surface area (Å²) in [5.74, 6) is -0.405. The van der Waals surface area contributed by atoms with Gasteiger partial charge in [-0.05, 0) is 33.0 Å². The topological polar surface area (TPSA) is 93.9 Å². The van der Waals surface area contributed by atoms with E-state index in [0.717, 1.165) is 36.3 Å². The summed E-state index contributed by atoms with van der Waals surface area (Å²) in [6.07, 6.45) is 0. The van der Waals surface area contributed by atoms with Gasteiger partial charge in [0.05, 0.1) is 11.4 Å². The highest BCUT2D eigenvalue weighted by Gasteiger charge is 2.19. The molecule has 2 N–H and O–H groups in total. The minimum Gasteiger partial charge on any atom is -0.493 e. The molecule has 138 valence electrons. The van der Waals surface area contributed by atoms with E-state index in [9.17, 15) is 14.7 Å². The summed E-state index contributed by atoms with van der Waals surface area (Å²) in [5, 5.41) is 17.0. The fourth-order valence-corrected chi connectivity index (χ4v) is 2.94. The van der Waals surface area contributed by atoms with Gasteiger partial charge in [0.2, 0.25) is 5.88 Å². The minimum absolute atomic E-state index is 0.00380. The van der Waals surface area contributed by atoms with Crippen molar-refractivity contribution in [2.45, 2.75) is 13.8 Å². The molecule has 1 aromatic heterocycles. The van der Waals surface area contributed by atoms with Gasteiger partial charge in [-0.1, -0.05) is 17.7 Å². The van der Waals surface area contributed by atoms with Crippen LogP contribution in [0.3, 0.4) is 0 Å². The van der Waals surface area contributed by atoms with Crippen molar-refractivity contribution in [1.82, 2.24) is 19.5 Å². The van der Waals surface area contributed by atoms with E-state index >= 15 is 0 Å². The smallest absolute Gasteiger partial charge is 0.335 e. The number of aromatic amines is 1. The lowest BCUT2D eigenvalue weighted by atomic mass is 10.2. The zero-order valence-corrected chi connectivity index (χ0v) is 15.2. The van der Waals surface area contributed by atoms with Crippen LogP contribution in [0, 0.1) is 6.92 Å². The van der Waals surface area contributed by atoms with Crippen LogP contribution in [0.15, 0.2) is 39.0 Å². The predicted octanol–water partition coefficient (Wildman–Crippen LogP) is 0.511. The summed E-state index contributed by atoms with van der Waals surface area (Å²) in [5.41, 5.74) is 0.541. The molecule has 0 aliphatic carbocycles. The summed E-state index contributed by atoms with van der Waals surface area (Å²) < 4.78 is 1.08. The van der Waals surface area contributed by atoms with Gasteiger partial charge in [0.1, 0.15) is 5.56 Å². The highest BCUT2D eigenvalue weighted by Crippen LogP contribution is 2.18. The first-order chi connectivity index (χ1) is 12.4. The van der Waals surface area contributed by atoms with E-state index in [-0.39, 0.29) is 5.56 Å². The molecule has 3 rings (SSSR count). The Labute approximate surface area is 151 Å². The summed E-state index contributed by atoms with van der Waals surface area (Å²) in [6.45, 7) is 6.82. The first-order valence-corrected chi connectivity index (χ1v) is 8.51. The molecule has 0 radical (unpaired) electrons. The molecule has 2 aromatic rings. The van der Waals surface area contributed by atoms with Gasteiger partial charge >= 0.3 is 5.69 Å². The number of nitrogens with one attached hydrogen (secondary N) is 1. The number of piperazine rings is 1. The van der Waals surface area contributed by atoms with E-state index in [1.165, 1.54) is 0 Å². The Morgan fingerprint density at radius 3 is 2.35 bits per heavy atom. The highest BCUT2D eigenvalue weighted by molar-refractivity contribution is 6.00. The first kappa shape index (κ1) is 17.9. The maximum atomic E-state index is 12.3. The molecule has 0 saturated carbocycles. The van der Waals surface area contributed by atoms with E-state index in [1.807, 2.05) is 31.1 Å². The molecule has 1 aliphatic heterocycles. The third-order valence-corrected chi connectivity index (χ3v) is 4.51. The maximum Gasteiger partial charge on any atom is 0.335 e. The van der Waals surface area contributed by atoms with Gasteiger partial charge in [0.25, 0.3) is 5.56 Å². The number of H-pyrrole nitrogens is 1. The average molecular weight is 357 g/mol. The quantitative estimate of drug-likeness (QED) is 0.781. The fourth-order valence-electron chi connectivity index (χ4n) is 2.94. The lowest BCUT2D eigenvalue weighted by Crippen LogP contribution is -2.42. The minimum atomic E-state index is -0.687. The van der Waals surface area contributed by atoms with E-state index in [1.54, 1.807) is 19.1 Å². The van der Waals surface area contributed by atoms with Crippen molar-refractivity contribution in [3.63, 3.8) is 0 Å². The maximum absolute atomic E-state index is 12.3. The second-order valence-corrected chi connectivity index (χ2v) is 6.57. The van der Waals surface area contributed by atoms with Crippen molar-refractivity contribution >= 4 is 5.71 Å². The number of hydrazone groups is 1. The summed E-state index contributed by atoms with van der Waals surface area (Å²) in [4.78, 5) is 29.0. The van der Waals surface area contributed by atoms with E-state index in [0.29, 0.717) is 11.4 Å². The van der Waals surface area contributed by atoms with E-state index in [4.69, 9.17) is 0 Å². The van der Waals surface area contributed by atoms with Crippen molar-refractivity contribution in [3.05, 3.63) is 56.2 Å². The number of hydrogen-bond donors (Lipinski definition) is 2. The highest BCUT2D eigenvalue weighted by atomic mass is 16.3. The zero-order chi connectivity index (χ0) is 18.8. The standard InChI is InChI=1S/C18H23N5O3/c1-12-4-6-14(7-5-12)23-17(25)15(16(24)19-18(23)26)13(2)20-22-10-8-21(3)9-11-22/h4-7,25H,8-11H2,1-3H3,(H,19,24,26)/b20-13+. The van der Waals surface area contributed by atoms with Crippen molar-refractivity contribution in [1.29, 1.82) is 0 Å². The second kappa shape index (κ2) is 7.17. The van der Waals surface area contributed by atoms with Crippen LogP contribution in [-0.2, 0) is 0 Å². The van der Waals surface area contributed by atoms with Crippen molar-refractivity contribution in [2.75, 3.05) is 33.2 Å².